The van der Waals surface area contributed by atoms with Gasteiger partial charge < -0.3 is 14.6 Å². The normalized spacial score (nSPS) is 10.9. The molecule has 0 aromatic heterocycles. The van der Waals surface area contributed by atoms with Crippen molar-refractivity contribution in [3.63, 3.8) is 0 Å². The van der Waals surface area contributed by atoms with E-state index in [0.29, 0.717) is 5.75 Å². The van der Waals surface area contributed by atoms with Crippen molar-refractivity contribution in [1.29, 1.82) is 0 Å². The van der Waals surface area contributed by atoms with E-state index < -0.39 is 0 Å². The zero-order chi connectivity index (χ0) is 15.9. The summed E-state index contributed by atoms with van der Waals surface area (Å²) in [6, 6.07) is 11.7. The lowest BCUT2D eigenvalue weighted by atomic mass is 10.1. The number of phenols is 1. The van der Waals surface area contributed by atoms with Gasteiger partial charge in [-0.25, -0.2) is 0 Å². The van der Waals surface area contributed by atoms with E-state index in [1.807, 2.05) is 19.1 Å². The summed E-state index contributed by atoms with van der Waals surface area (Å²) in [5, 5.41) is 9.57. The molecule has 2 aromatic rings. The average molecular weight is 298 g/mol. The zero-order valence-corrected chi connectivity index (χ0v) is 13.3. The van der Waals surface area contributed by atoms with Crippen LogP contribution in [-0.2, 0) is 12.8 Å². The van der Waals surface area contributed by atoms with E-state index >= 15 is 0 Å². The SMILES string of the molecule is COc1cc(C/C=C/Cc2ccc(O)c(OC)c2)ccc1C. The Hall–Kier alpha value is -2.42. The molecule has 0 aliphatic rings. The summed E-state index contributed by atoms with van der Waals surface area (Å²) < 4.78 is 10.4. The molecular formula is C19H22O3. The van der Waals surface area contributed by atoms with E-state index in [4.69, 9.17) is 9.47 Å². The second kappa shape index (κ2) is 7.55. The van der Waals surface area contributed by atoms with Crippen LogP contribution in [0.1, 0.15) is 16.7 Å². The molecule has 1 N–H and O–H groups in total. The van der Waals surface area contributed by atoms with Crippen LogP contribution in [0.3, 0.4) is 0 Å². The summed E-state index contributed by atoms with van der Waals surface area (Å²) in [5.41, 5.74) is 3.47. The van der Waals surface area contributed by atoms with Crippen LogP contribution in [0.25, 0.3) is 0 Å². The van der Waals surface area contributed by atoms with E-state index in [2.05, 4.69) is 30.4 Å². The van der Waals surface area contributed by atoms with Gasteiger partial charge in [0.2, 0.25) is 0 Å². The van der Waals surface area contributed by atoms with Gasteiger partial charge in [-0.3, -0.25) is 0 Å². The molecule has 2 aromatic carbocycles. The number of methoxy groups -OCH3 is 2. The molecule has 22 heavy (non-hydrogen) atoms. The predicted octanol–water partition coefficient (Wildman–Crippen LogP) is 4.06. The highest BCUT2D eigenvalue weighted by atomic mass is 16.5. The Morgan fingerprint density at radius 3 is 2.00 bits per heavy atom. The van der Waals surface area contributed by atoms with Crippen LogP contribution in [-0.4, -0.2) is 19.3 Å². The maximum atomic E-state index is 9.57. The van der Waals surface area contributed by atoms with Crippen molar-refractivity contribution >= 4 is 0 Å². The monoisotopic (exact) mass is 298 g/mol. The Kier molecular flexibility index (Phi) is 5.48. The summed E-state index contributed by atoms with van der Waals surface area (Å²) in [5.74, 6) is 1.60. The highest BCUT2D eigenvalue weighted by Gasteiger charge is 2.01. The lowest BCUT2D eigenvalue weighted by molar-refractivity contribution is 0.373. The number of ether oxygens (including phenoxy) is 2. The number of benzene rings is 2. The molecule has 0 atom stereocenters. The van der Waals surface area contributed by atoms with Gasteiger partial charge in [0.25, 0.3) is 0 Å². The zero-order valence-electron chi connectivity index (χ0n) is 13.3. The Morgan fingerprint density at radius 2 is 1.41 bits per heavy atom. The fourth-order valence-electron chi connectivity index (χ4n) is 2.28. The van der Waals surface area contributed by atoms with Crippen molar-refractivity contribution in [1.82, 2.24) is 0 Å². The average Bonchev–Trinajstić information content (AvgIpc) is 2.54. The van der Waals surface area contributed by atoms with E-state index in [-0.39, 0.29) is 5.75 Å². The Balaban J connectivity index is 1.96. The van der Waals surface area contributed by atoms with Crippen LogP contribution < -0.4 is 9.47 Å². The van der Waals surface area contributed by atoms with Crippen molar-refractivity contribution in [3.8, 4) is 17.2 Å². The minimum absolute atomic E-state index is 0.168. The van der Waals surface area contributed by atoms with E-state index in [9.17, 15) is 5.11 Å². The van der Waals surface area contributed by atoms with Crippen LogP contribution in [0.2, 0.25) is 0 Å². The summed E-state index contributed by atoms with van der Waals surface area (Å²) in [6.45, 7) is 2.04. The van der Waals surface area contributed by atoms with Crippen LogP contribution in [0.5, 0.6) is 17.2 Å². The smallest absolute Gasteiger partial charge is 0.160 e. The van der Waals surface area contributed by atoms with Gasteiger partial charge in [0, 0.05) is 0 Å². The molecule has 2 rings (SSSR count). The fourth-order valence-corrected chi connectivity index (χ4v) is 2.28. The molecule has 0 heterocycles. The van der Waals surface area contributed by atoms with Crippen LogP contribution >= 0.6 is 0 Å². The van der Waals surface area contributed by atoms with E-state index in [0.717, 1.165) is 29.7 Å². The molecule has 0 bridgehead atoms. The van der Waals surface area contributed by atoms with Crippen molar-refractivity contribution in [2.24, 2.45) is 0 Å². The van der Waals surface area contributed by atoms with Gasteiger partial charge in [0.05, 0.1) is 14.2 Å². The summed E-state index contributed by atoms with van der Waals surface area (Å²) in [7, 11) is 3.25. The fraction of sp³-hybridized carbons (Fsp3) is 0.263. The van der Waals surface area contributed by atoms with Crippen LogP contribution in [0.4, 0.5) is 0 Å². The Morgan fingerprint density at radius 1 is 0.864 bits per heavy atom. The highest BCUT2D eigenvalue weighted by Crippen LogP contribution is 2.26. The van der Waals surface area contributed by atoms with Gasteiger partial charge in [0.1, 0.15) is 5.75 Å². The third-order valence-corrected chi connectivity index (χ3v) is 3.59. The van der Waals surface area contributed by atoms with Gasteiger partial charge in [-0.05, 0) is 54.7 Å². The Bertz CT molecular complexity index is 602. The number of aromatic hydroxyl groups is 1. The van der Waals surface area contributed by atoms with Gasteiger partial charge in [-0.1, -0.05) is 30.4 Å². The topological polar surface area (TPSA) is 38.7 Å². The largest absolute Gasteiger partial charge is 0.504 e. The van der Waals surface area contributed by atoms with Crippen LogP contribution in [0.15, 0.2) is 48.6 Å². The van der Waals surface area contributed by atoms with Crippen molar-refractivity contribution in [3.05, 3.63) is 65.2 Å². The quantitative estimate of drug-likeness (QED) is 0.817. The lowest BCUT2D eigenvalue weighted by Gasteiger charge is -2.06. The minimum atomic E-state index is 0.168. The third kappa shape index (κ3) is 4.04. The number of aryl methyl sites for hydroxylation is 1. The van der Waals surface area contributed by atoms with Gasteiger partial charge in [-0.15, -0.1) is 0 Å². The third-order valence-electron chi connectivity index (χ3n) is 3.59. The molecule has 0 aliphatic heterocycles. The first-order valence-corrected chi connectivity index (χ1v) is 7.28. The molecule has 0 spiro atoms. The molecule has 0 fully saturated rings. The van der Waals surface area contributed by atoms with Crippen molar-refractivity contribution in [2.75, 3.05) is 14.2 Å². The second-order valence-electron chi connectivity index (χ2n) is 5.19. The van der Waals surface area contributed by atoms with Gasteiger partial charge >= 0.3 is 0 Å². The summed E-state index contributed by atoms with van der Waals surface area (Å²) in [6.07, 6.45) is 5.94. The number of hydrogen-bond donors (Lipinski definition) is 1. The highest BCUT2D eigenvalue weighted by molar-refractivity contribution is 5.42. The molecule has 0 amide bonds. The molecule has 0 aliphatic carbocycles. The predicted molar refractivity (Wildman–Crippen MR) is 88.9 cm³/mol. The number of allylic oxidation sites excluding steroid dienone is 2. The molecule has 3 nitrogen and oxygen atoms in total. The second-order valence-corrected chi connectivity index (χ2v) is 5.19. The first kappa shape index (κ1) is 16.0. The molecular weight excluding hydrogens is 276 g/mol. The number of rotatable bonds is 6. The Labute approximate surface area is 131 Å². The minimum Gasteiger partial charge on any atom is -0.504 e. The first-order valence-electron chi connectivity index (χ1n) is 7.28. The number of hydrogen-bond acceptors (Lipinski definition) is 3. The summed E-state index contributed by atoms with van der Waals surface area (Å²) >= 11 is 0. The van der Waals surface area contributed by atoms with Gasteiger partial charge in [-0.2, -0.15) is 0 Å². The van der Waals surface area contributed by atoms with Crippen molar-refractivity contribution < 1.29 is 14.6 Å². The molecule has 0 radical (unpaired) electrons. The van der Waals surface area contributed by atoms with E-state index in [1.165, 1.54) is 5.56 Å². The standard InChI is InChI=1S/C19H22O3/c1-14-8-9-15(12-18(14)21-2)6-4-5-7-16-10-11-17(20)19(13-16)22-3/h4-5,8-13,20H,6-7H2,1-3H3/b5-4+. The maximum Gasteiger partial charge on any atom is 0.160 e. The lowest BCUT2D eigenvalue weighted by Crippen LogP contribution is -1.90. The first-order chi connectivity index (χ1) is 10.6. The molecule has 0 saturated heterocycles. The number of phenolic OH excluding ortho intramolecular Hbond substituents is 1. The molecule has 0 saturated carbocycles. The molecule has 116 valence electrons. The van der Waals surface area contributed by atoms with Gasteiger partial charge in [0.15, 0.2) is 11.5 Å². The van der Waals surface area contributed by atoms with Crippen molar-refractivity contribution in [2.45, 2.75) is 19.8 Å². The van der Waals surface area contributed by atoms with E-state index in [1.54, 1.807) is 20.3 Å². The molecule has 3 heteroatoms. The summed E-state index contributed by atoms with van der Waals surface area (Å²) in [4.78, 5) is 0. The van der Waals surface area contributed by atoms with Crippen LogP contribution in [0, 0.1) is 6.92 Å². The molecule has 0 unspecified atom stereocenters. The maximum absolute atomic E-state index is 9.57.